The Kier molecular flexibility index (Phi) is 8.37. The normalized spacial score (nSPS) is 22.0. The van der Waals surface area contributed by atoms with Gasteiger partial charge in [0.2, 0.25) is 11.9 Å². The molecule has 3 unspecified atom stereocenters. The third kappa shape index (κ3) is 6.19. The van der Waals surface area contributed by atoms with E-state index in [1.54, 1.807) is 12.4 Å². The van der Waals surface area contributed by atoms with Crippen molar-refractivity contribution in [2.75, 3.05) is 23.3 Å². The highest BCUT2D eigenvalue weighted by atomic mass is 19.1. The Morgan fingerprint density at radius 1 is 1.24 bits per heavy atom. The maximum Gasteiger partial charge on any atom is 0.217 e. The number of imidazole rings is 1. The van der Waals surface area contributed by atoms with Gasteiger partial charge in [-0.2, -0.15) is 0 Å². The number of benzene rings is 1. The van der Waals surface area contributed by atoms with Crippen molar-refractivity contribution >= 4 is 35.0 Å². The topological polar surface area (TPSA) is 156 Å². The highest BCUT2D eigenvalue weighted by Gasteiger charge is 2.35. The number of carbonyl (C=O) groups is 1. The molecule has 3 heterocycles. The molecule has 7 N–H and O–H groups in total. The van der Waals surface area contributed by atoms with Crippen LogP contribution in [0.25, 0.3) is 6.08 Å². The smallest absolute Gasteiger partial charge is 0.217 e. The van der Waals surface area contributed by atoms with Crippen molar-refractivity contribution in [3.8, 4) is 0 Å². The molecule has 2 aliphatic rings. The van der Waals surface area contributed by atoms with Gasteiger partial charge >= 0.3 is 0 Å². The van der Waals surface area contributed by atoms with Crippen LogP contribution in [0.4, 0.5) is 26.1 Å². The molecule has 5 rings (SSSR count). The molecule has 1 saturated carbocycles. The summed E-state index contributed by atoms with van der Waals surface area (Å²) in [6.07, 6.45) is 10.2. The van der Waals surface area contributed by atoms with Crippen LogP contribution in [-0.2, 0) is 10.4 Å². The number of aliphatic hydroxyl groups is 1. The second kappa shape index (κ2) is 12.0. The monoisotopic (exact) mass is 578 g/mol. The average Bonchev–Trinajstić information content (AvgIpc) is 3.59. The number of carbonyl (C=O) groups excluding carboxylic acids is 1. The van der Waals surface area contributed by atoms with Crippen LogP contribution in [0.15, 0.2) is 42.9 Å². The second-order valence-electron chi connectivity index (χ2n) is 11.3. The Morgan fingerprint density at radius 2 is 1.95 bits per heavy atom. The Balaban J connectivity index is 1.27. The minimum absolute atomic E-state index is 0.105. The number of hydrogen-bond donors (Lipinski definition) is 6. The molecule has 3 aromatic rings. The summed E-state index contributed by atoms with van der Waals surface area (Å²) < 4.78 is 29.8. The van der Waals surface area contributed by atoms with E-state index in [9.17, 15) is 18.7 Å². The number of nitrogens with zero attached hydrogens (tertiary/aromatic N) is 3. The minimum Gasteiger partial charge on any atom is -0.385 e. The van der Waals surface area contributed by atoms with E-state index in [4.69, 9.17) is 11.1 Å². The first-order valence-electron chi connectivity index (χ1n) is 14.1. The summed E-state index contributed by atoms with van der Waals surface area (Å²) in [5, 5.41) is 25.2. The number of amides is 1. The van der Waals surface area contributed by atoms with E-state index in [-0.39, 0.29) is 35.2 Å². The van der Waals surface area contributed by atoms with Crippen molar-refractivity contribution in [3.05, 3.63) is 71.3 Å². The van der Waals surface area contributed by atoms with Crippen molar-refractivity contribution < 1.29 is 18.7 Å². The van der Waals surface area contributed by atoms with Gasteiger partial charge in [-0.25, -0.2) is 13.8 Å². The molecule has 222 valence electrons. The highest BCUT2D eigenvalue weighted by Crippen LogP contribution is 2.39. The average molecular weight is 579 g/mol. The summed E-state index contributed by atoms with van der Waals surface area (Å²) in [4.78, 5) is 25.4. The van der Waals surface area contributed by atoms with Crippen LogP contribution in [0.3, 0.4) is 0 Å². The Hall–Kier alpha value is -4.16. The molecule has 0 spiro atoms. The van der Waals surface area contributed by atoms with Gasteiger partial charge in [-0.3, -0.25) is 9.78 Å². The fraction of sp³-hybridized carbons (Fsp3) is 0.400. The van der Waals surface area contributed by atoms with Gasteiger partial charge in [0.15, 0.2) is 0 Å². The lowest BCUT2D eigenvalue weighted by Gasteiger charge is -2.42. The number of aromatic amines is 1. The van der Waals surface area contributed by atoms with E-state index >= 15 is 0 Å². The molecule has 1 amide bonds. The lowest BCUT2D eigenvalue weighted by molar-refractivity contribution is -0.120. The van der Waals surface area contributed by atoms with Crippen LogP contribution in [0.2, 0.25) is 0 Å². The van der Waals surface area contributed by atoms with E-state index in [1.165, 1.54) is 25.3 Å². The number of piperidine rings is 1. The minimum atomic E-state index is -1.22. The van der Waals surface area contributed by atoms with Crippen LogP contribution < -0.4 is 21.3 Å². The van der Waals surface area contributed by atoms with Gasteiger partial charge in [-0.05, 0) is 54.7 Å². The quantitative estimate of drug-likeness (QED) is 0.221. The largest absolute Gasteiger partial charge is 0.385 e. The number of aromatic nitrogens is 3. The summed E-state index contributed by atoms with van der Waals surface area (Å²) in [5.41, 5.74) is 6.69. The Morgan fingerprint density at radius 3 is 2.62 bits per heavy atom. The predicted octanol–water partition coefficient (Wildman–Crippen LogP) is 3.96. The summed E-state index contributed by atoms with van der Waals surface area (Å²) in [6, 6.07) is 3.77. The fourth-order valence-electron chi connectivity index (χ4n) is 5.98. The van der Waals surface area contributed by atoms with E-state index in [2.05, 4.69) is 37.4 Å². The molecular formula is C30H36F2N8O2. The zero-order valence-electron chi connectivity index (χ0n) is 23.6. The van der Waals surface area contributed by atoms with Crippen molar-refractivity contribution in [2.24, 2.45) is 11.7 Å². The first-order chi connectivity index (χ1) is 20.0. The molecule has 2 fully saturated rings. The van der Waals surface area contributed by atoms with Gasteiger partial charge in [-0.1, -0.05) is 19.8 Å². The molecule has 2 aromatic heterocycles. The standard InChI is InChI=1S/C30H36F2N8O2/c1-17-15-40(16-24(34)28(17)37-18(2)41)26-7-10-35-14-25(26)39-29-36-13-20(38-29)5-6-23(33)27-21(31)11-19(12-22(27)32)30(42)8-3-4-9-30/h5-7,10-14,17,24,28,33,42H,3-4,8-9,15-16,34H2,1-2H3,(H,37,41)(H2,36,38,39)/b6-5-,33-23?. The molecule has 1 saturated heterocycles. The number of nitrogens with one attached hydrogen (secondary N) is 4. The number of anilines is 3. The molecule has 42 heavy (non-hydrogen) atoms. The summed E-state index contributed by atoms with van der Waals surface area (Å²) in [5.74, 6) is -1.34. The first kappa shape index (κ1) is 29.3. The Bertz CT molecular complexity index is 1460. The number of pyridine rings is 1. The van der Waals surface area contributed by atoms with Crippen LogP contribution >= 0.6 is 0 Å². The van der Waals surface area contributed by atoms with Crippen molar-refractivity contribution in [1.29, 1.82) is 5.41 Å². The summed E-state index contributed by atoms with van der Waals surface area (Å²) in [7, 11) is 0. The van der Waals surface area contributed by atoms with Gasteiger partial charge in [-0.15, -0.1) is 0 Å². The van der Waals surface area contributed by atoms with Crippen LogP contribution in [0.5, 0.6) is 0 Å². The maximum absolute atomic E-state index is 14.9. The van der Waals surface area contributed by atoms with E-state index in [1.807, 2.05) is 6.07 Å². The van der Waals surface area contributed by atoms with Crippen LogP contribution in [0.1, 0.15) is 56.4 Å². The van der Waals surface area contributed by atoms with Crippen molar-refractivity contribution in [1.82, 2.24) is 20.3 Å². The number of allylic oxidation sites excluding steroid dienone is 1. The first-order valence-corrected chi connectivity index (χ1v) is 14.1. The molecule has 1 aliphatic heterocycles. The molecular weight excluding hydrogens is 542 g/mol. The molecule has 1 aromatic carbocycles. The number of hydrogen-bond acceptors (Lipinski definition) is 8. The summed E-state index contributed by atoms with van der Waals surface area (Å²) >= 11 is 0. The van der Waals surface area contributed by atoms with Crippen LogP contribution in [-0.4, -0.2) is 56.9 Å². The number of rotatable bonds is 8. The van der Waals surface area contributed by atoms with Gasteiger partial charge < -0.3 is 36.8 Å². The van der Waals surface area contributed by atoms with E-state index in [0.29, 0.717) is 43.3 Å². The van der Waals surface area contributed by atoms with Gasteiger partial charge in [0.1, 0.15) is 11.6 Å². The van der Waals surface area contributed by atoms with Crippen molar-refractivity contribution in [2.45, 2.75) is 57.2 Å². The van der Waals surface area contributed by atoms with Gasteiger partial charge in [0.25, 0.3) is 0 Å². The third-order valence-corrected chi connectivity index (χ3v) is 8.08. The molecule has 0 radical (unpaired) electrons. The van der Waals surface area contributed by atoms with Crippen LogP contribution in [0, 0.1) is 23.0 Å². The highest BCUT2D eigenvalue weighted by molar-refractivity contribution is 6.09. The second-order valence-corrected chi connectivity index (χ2v) is 11.3. The lowest BCUT2D eigenvalue weighted by Crippen LogP contribution is -2.61. The van der Waals surface area contributed by atoms with E-state index < -0.39 is 22.8 Å². The summed E-state index contributed by atoms with van der Waals surface area (Å²) in [6.45, 7) is 4.76. The molecule has 3 atom stereocenters. The lowest BCUT2D eigenvalue weighted by atomic mass is 9.89. The molecule has 12 heteroatoms. The SMILES string of the molecule is CC(=O)NC1C(C)CN(c2ccncc2Nc2ncc(/C=C\C(=N)c3c(F)cc(C4(O)CCCC4)cc3F)[nH]2)CC1N. The molecule has 0 bridgehead atoms. The fourth-order valence-corrected chi connectivity index (χ4v) is 5.98. The predicted molar refractivity (Wildman–Crippen MR) is 158 cm³/mol. The Labute approximate surface area is 243 Å². The van der Waals surface area contributed by atoms with Gasteiger partial charge in [0.05, 0.1) is 46.3 Å². The van der Waals surface area contributed by atoms with Gasteiger partial charge in [0, 0.05) is 38.3 Å². The molecule has 1 aliphatic carbocycles. The maximum atomic E-state index is 14.9. The third-order valence-electron chi connectivity index (χ3n) is 8.08. The number of halogens is 2. The zero-order valence-corrected chi connectivity index (χ0v) is 23.6. The molecule has 10 nitrogen and oxygen atoms in total. The number of H-pyrrole nitrogens is 1. The van der Waals surface area contributed by atoms with Crippen molar-refractivity contribution in [3.63, 3.8) is 0 Å². The zero-order chi connectivity index (χ0) is 30.0. The van der Waals surface area contributed by atoms with E-state index in [0.717, 1.165) is 30.7 Å². The number of nitrogens with two attached hydrogens (primary N) is 1.